The third-order valence-corrected chi connectivity index (χ3v) is 8.35. The summed E-state index contributed by atoms with van der Waals surface area (Å²) in [7, 11) is 1.69. The molecule has 44 heavy (non-hydrogen) atoms. The monoisotopic (exact) mass is 603 g/mol. The molecule has 2 amide bonds. The first-order valence-corrected chi connectivity index (χ1v) is 15.4. The maximum absolute atomic E-state index is 15.5. The van der Waals surface area contributed by atoms with Crippen LogP contribution in [0.25, 0.3) is 11.3 Å². The van der Waals surface area contributed by atoms with Gasteiger partial charge in [0.25, 0.3) is 5.91 Å². The molecule has 1 unspecified atom stereocenters. The lowest BCUT2D eigenvalue weighted by Crippen LogP contribution is -2.45. The van der Waals surface area contributed by atoms with Gasteiger partial charge in [-0.25, -0.2) is 4.39 Å². The number of hydrogen-bond donors (Lipinski definition) is 1. The van der Waals surface area contributed by atoms with Gasteiger partial charge in [0, 0.05) is 63.4 Å². The number of piperidine rings is 1. The third kappa shape index (κ3) is 7.78. The average Bonchev–Trinajstić information content (AvgIpc) is 3.34. The first kappa shape index (κ1) is 31.5. The minimum Gasteiger partial charge on any atom is -0.457 e. The quantitative estimate of drug-likeness (QED) is 0.313. The van der Waals surface area contributed by atoms with Gasteiger partial charge in [-0.15, -0.1) is 0 Å². The molecule has 1 N–H and O–H groups in total. The summed E-state index contributed by atoms with van der Waals surface area (Å²) in [5.74, 6) is 0.294. The predicted octanol–water partition coefficient (Wildman–Crippen LogP) is 5.41. The number of carbonyl (C=O) groups excluding carboxylic acids is 2. The van der Waals surface area contributed by atoms with Gasteiger partial charge in [-0.05, 0) is 73.2 Å². The molecule has 2 aromatic carbocycles. The van der Waals surface area contributed by atoms with Crippen molar-refractivity contribution in [2.45, 2.75) is 58.5 Å². The van der Waals surface area contributed by atoms with Crippen LogP contribution in [-0.2, 0) is 16.1 Å². The Hall–Kier alpha value is -3.89. The summed E-state index contributed by atoms with van der Waals surface area (Å²) >= 11 is 0. The molecular formula is C34H42FN5O4. The number of nitrogens with zero attached hydrogens (tertiary/aromatic N) is 4. The average molecular weight is 604 g/mol. The fraction of sp³-hybridized carbons (Fsp3) is 0.471. The second kappa shape index (κ2) is 14.3. The predicted molar refractivity (Wildman–Crippen MR) is 166 cm³/mol. The van der Waals surface area contributed by atoms with Gasteiger partial charge in [-0.1, -0.05) is 20.8 Å². The molecule has 3 heterocycles. The number of nitrogens with one attached hydrogen (secondary N) is 1. The number of hydrogen-bond acceptors (Lipinski definition) is 7. The van der Waals surface area contributed by atoms with Gasteiger partial charge in [0.15, 0.2) is 0 Å². The zero-order valence-corrected chi connectivity index (χ0v) is 26.0. The molecule has 1 atom stereocenters. The number of aromatic nitrogens is 2. The van der Waals surface area contributed by atoms with Crippen molar-refractivity contribution in [3.8, 4) is 22.8 Å². The Labute approximate surface area is 258 Å². The highest BCUT2D eigenvalue weighted by Gasteiger charge is 2.29. The van der Waals surface area contributed by atoms with Crippen LogP contribution in [0.4, 0.5) is 4.39 Å². The Balaban J connectivity index is 1.34. The Morgan fingerprint density at radius 1 is 1.09 bits per heavy atom. The van der Waals surface area contributed by atoms with Crippen molar-refractivity contribution < 1.29 is 23.5 Å². The molecule has 5 rings (SSSR count). The number of methoxy groups -OCH3 is 1. The molecular weight excluding hydrogens is 561 g/mol. The highest BCUT2D eigenvalue weighted by molar-refractivity contribution is 5.95. The summed E-state index contributed by atoms with van der Waals surface area (Å²) < 4.78 is 26.9. The van der Waals surface area contributed by atoms with Gasteiger partial charge in [0.1, 0.15) is 17.3 Å². The van der Waals surface area contributed by atoms with Gasteiger partial charge < -0.3 is 24.6 Å². The molecule has 0 spiro atoms. The van der Waals surface area contributed by atoms with Gasteiger partial charge in [0.05, 0.1) is 23.6 Å². The Morgan fingerprint density at radius 2 is 1.84 bits per heavy atom. The molecule has 2 aliphatic heterocycles. The van der Waals surface area contributed by atoms with E-state index in [1.807, 2.05) is 31.2 Å². The van der Waals surface area contributed by atoms with Crippen LogP contribution in [0, 0.1) is 11.7 Å². The molecule has 234 valence electrons. The summed E-state index contributed by atoms with van der Waals surface area (Å²) in [6.45, 7) is 10.2. The van der Waals surface area contributed by atoms with E-state index in [0.717, 1.165) is 49.4 Å². The lowest BCUT2D eigenvalue weighted by molar-refractivity contribution is -0.128. The van der Waals surface area contributed by atoms with E-state index in [-0.39, 0.29) is 30.0 Å². The summed E-state index contributed by atoms with van der Waals surface area (Å²) in [4.78, 5) is 29.9. The van der Waals surface area contributed by atoms with Crippen molar-refractivity contribution in [1.82, 2.24) is 25.3 Å². The minimum atomic E-state index is -0.638. The molecule has 2 saturated heterocycles. The Kier molecular flexibility index (Phi) is 10.2. The maximum atomic E-state index is 15.5. The Bertz CT molecular complexity index is 1440. The molecule has 10 heteroatoms. The van der Waals surface area contributed by atoms with Crippen LogP contribution in [0.2, 0.25) is 0 Å². The van der Waals surface area contributed by atoms with Crippen LogP contribution in [0.1, 0.15) is 67.6 Å². The second-order valence-corrected chi connectivity index (χ2v) is 12.2. The van der Waals surface area contributed by atoms with E-state index in [1.54, 1.807) is 24.1 Å². The van der Waals surface area contributed by atoms with Crippen molar-refractivity contribution in [1.29, 1.82) is 0 Å². The van der Waals surface area contributed by atoms with Crippen molar-refractivity contribution in [3.63, 3.8) is 0 Å². The van der Waals surface area contributed by atoms with Crippen LogP contribution in [0.3, 0.4) is 0 Å². The second-order valence-electron chi connectivity index (χ2n) is 12.2. The van der Waals surface area contributed by atoms with E-state index >= 15 is 4.39 Å². The smallest absolute Gasteiger partial charge is 0.254 e. The molecule has 0 aliphatic carbocycles. The molecule has 0 bridgehead atoms. The van der Waals surface area contributed by atoms with Gasteiger partial charge in [-0.2, -0.15) is 10.2 Å². The molecule has 2 aliphatic rings. The topological polar surface area (TPSA) is 96.9 Å². The van der Waals surface area contributed by atoms with E-state index in [2.05, 4.69) is 34.3 Å². The lowest BCUT2D eigenvalue weighted by Gasteiger charge is -2.32. The van der Waals surface area contributed by atoms with Crippen LogP contribution < -0.4 is 10.1 Å². The number of benzene rings is 2. The highest BCUT2D eigenvalue weighted by Crippen LogP contribution is 2.32. The molecule has 1 aromatic heterocycles. The third-order valence-electron chi connectivity index (χ3n) is 8.35. The fourth-order valence-corrected chi connectivity index (χ4v) is 5.72. The molecule has 3 aromatic rings. The highest BCUT2D eigenvalue weighted by atomic mass is 19.1. The zero-order valence-electron chi connectivity index (χ0n) is 26.0. The number of halogens is 1. The van der Waals surface area contributed by atoms with Gasteiger partial charge in [0.2, 0.25) is 5.91 Å². The Morgan fingerprint density at radius 3 is 2.45 bits per heavy atom. The molecule has 0 radical (unpaired) electrons. The van der Waals surface area contributed by atoms with Crippen LogP contribution in [0.15, 0.2) is 48.5 Å². The van der Waals surface area contributed by atoms with E-state index in [0.29, 0.717) is 42.6 Å². The van der Waals surface area contributed by atoms with Crippen molar-refractivity contribution >= 4 is 11.8 Å². The largest absolute Gasteiger partial charge is 0.457 e. The number of rotatable bonds is 11. The minimum absolute atomic E-state index is 0.0245. The van der Waals surface area contributed by atoms with Crippen molar-refractivity contribution in [2.75, 3.05) is 39.9 Å². The summed E-state index contributed by atoms with van der Waals surface area (Å²) in [5.41, 5.74) is 2.98. The van der Waals surface area contributed by atoms with Crippen molar-refractivity contribution in [3.05, 3.63) is 71.2 Å². The van der Waals surface area contributed by atoms with E-state index < -0.39 is 11.7 Å². The van der Waals surface area contributed by atoms with Crippen LogP contribution >= 0.6 is 0 Å². The van der Waals surface area contributed by atoms with Crippen LogP contribution in [0.5, 0.6) is 11.5 Å². The molecule has 9 nitrogen and oxygen atoms in total. The summed E-state index contributed by atoms with van der Waals surface area (Å²) in [5, 5.41) is 11.7. The fourth-order valence-electron chi connectivity index (χ4n) is 5.72. The van der Waals surface area contributed by atoms with E-state index in [1.165, 1.54) is 12.1 Å². The summed E-state index contributed by atoms with van der Waals surface area (Å²) in [6.07, 6.45) is 2.03. The molecule has 2 fully saturated rings. The molecule has 0 saturated carbocycles. The van der Waals surface area contributed by atoms with Gasteiger partial charge >= 0.3 is 0 Å². The number of ether oxygens (including phenoxy) is 2. The number of amides is 2. The first-order chi connectivity index (χ1) is 21.2. The number of likely N-dealkylation sites (tertiary alicyclic amines) is 2. The SMILES string of the molecule is COCCN1CCC(NC(=O)c2cc(Oc3ccc(-c4ccc(C(C)C)nn4)cc3)c(CN3CC(C)CC3=O)cc2F)CC1. The standard InChI is InChI=1S/C34H42FN5O4/c1-22(2)30-9-10-31(38-37-30)24-5-7-27(8-6-24)44-32-19-28(29(35)18-25(32)21-40-20-23(3)17-33(40)41)34(42)36-26-11-13-39(14-12-26)15-16-43-4/h5-10,18-19,22-23,26H,11-17,20-21H2,1-4H3,(H,36,42). The van der Waals surface area contributed by atoms with E-state index in [4.69, 9.17) is 9.47 Å². The maximum Gasteiger partial charge on any atom is 0.254 e. The van der Waals surface area contributed by atoms with Crippen LogP contribution in [-0.4, -0.2) is 77.7 Å². The number of carbonyl (C=O) groups is 2. The first-order valence-electron chi connectivity index (χ1n) is 15.4. The normalized spacial score (nSPS) is 17.8. The van der Waals surface area contributed by atoms with E-state index in [9.17, 15) is 9.59 Å². The lowest BCUT2D eigenvalue weighted by atomic mass is 10.0. The zero-order chi connectivity index (χ0) is 31.2. The summed E-state index contributed by atoms with van der Waals surface area (Å²) in [6, 6.07) is 14.0. The van der Waals surface area contributed by atoms with Crippen molar-refractivity contribution in [2.24, 2.45) is 5.92 Å². The van der Waals surface area contributed by atoms with Gasteiger partial charge in [-0.3, -0.25) is 9.59 Å².